The van der Waals surface area contributed by atoms with Crippen molar-refractivity contribution in [3.05, 3.63) is 17.5 Å². The largest absolute Gasteiger partial charge is 0.365 e. The van der Waals surface area contributed by atoms with E-state index in [2.05, 4.69) is 5.10 Å². The fourth-order valence-corrected chi connectivity index (χ4v) is 4.99. The van der Waals surface area contributed by atoms with E-state index in [0.29, 0.717) is 37.9 Å². The average Bonchev–Trinajstić information content (AvgIpc) is 3.07. The van der Waals surface area contributed by atoms with Gasteiger partial charge in [0, 0.05) is 32.2 Å². The molecule has 0 radical (unpaired) electrons. The summed E-state index contributed by atoms with van der Waals surface area (Å²) < 4.78 is 7.59. The molecule has 0 aromatic carbocycles. The summed E-state index contributed by atoms with van der Waals surface area (Å²) in [6, 6.07) is 2.22. The first kappa shape index (κ1) is 17.2. The molecule has 3 saturated heterocycles. The molecule has 1 saturated carbocycles. The molecule has 27 heavy (non-hydrogen) atoms. The standard InChI is InChI=1S/C20H28N4O3/c1-3-24-17(10-16(21-24)13-5-6-13)18(25)22-11-15-9-14(22)12-23(15)19(26)20(2)7-4-8-27-20/h10,13-15H,3-9,11-12H2,1-2H3/t14-,15-,20?/m0/s1. The van der Waals surface area contributed by atoms with Crippen molar-refractivity contribution in [1.82, 2.24) is 19.6 Å². The van der Waals surface area contributed by atoms with Crippen LogP contribution in [-0.4, -0.2) is 68.8 Å². The van der Waals surface area contributed by atoms with Gasteiger partial charge in [-0.3, -0.25) is 14.3 Å². The van der Waals surface area contributed by atoms with Crippen LogP contribution in [0.2, 0.25) is 0 Å². The molecule has 7 nitrogen and oxygen atoms in total. The molecule has 0 spiro atoms. The van der Waals surface area contributed by atoms with E-state index >= 15 is 0 Å². The van der Waals surface area contributed by atoms with Gasteiger partial charge in [0.1, 0.15) is 11.3 Å². The van der Waals surface area contributed by atoms with Gasteiger partial charge in [-0.1, -0.05) is 0 Å². The fraction of sp³-hybridized carbons (Fsp3) is 0.750. The summed E-state index contributed by atoms with van der Waals surface area (Å²) in [7, 11) is 0. The molecule has 4 fully saturated rings. The van der Waals surface area contributed by atoms with E-state index in [1.807, 2.05) is 34.4 Å². The first-order valence-corrected chi connectivity index (χ1v) is 10.3. The number of piperazine rings is 1. The van der Waals surface area contributed by atoms with Crippen LogP contribution in [0.25, 0.3) is 0 Å². The third-order valence-electron chi connectivity index (χ3n) is 6.75. The summed E-state index contributed by atoms with van der Waals surface area (Å²) in [6.07, 6.45) is 4.98. The highest BCUT2D eigenvalue weighted by Gasteiger charge is 2.52. The van der Waals surface area contributed by atoms with Gasteiger partial charge in [-0.15, -0.1) is 0 Å². The molecule has 3 atom stereocenters. The molecular weight excluding hydrogens is 344 g/mol. The number of aryl methyl sites for hydroxylation is 1. The van der Waals surface area contributed by atoms with Gasteiger partial charge in [-0.2, -0.15) is 5.10 Å². The minimum absolute atomic E-state index is 0.0687. The molecule has 1 aliphatic carbocycles. The van der Waals surface area contributed by atoms with Crippen LogP contribution < -0.4 is 0 Å². The van der Waals surface area contributed by atoms with Crippen molar-refractivity contribution in [2.24, 2.45) is 0 Å². The molecule has 1 unspecified atom stereocenters. The summed E-state index contributed by atoms with van der Waals surface area (Å²) in [5.74, 6) is 0.716. The molecule has 4 aliphatic rings. The zero-order valence-electron chi connectivity index (χ0n) is 16.2. The van der Waals surface area contributed by atoms with Crippen LogP contribution in [0.15, 0.2) is 6.07 Å². The van der Waals surface area contributed by atoms with Crippen molar-refractivity contribution in [2.75, 3.05) is 19.7 Å². The fourth-order valence-electron chi connectivity index (χ4n) is 4.99. The number of rotatable bonds is 4. The molecule has 5 rings (SSSR count). The average molecular weight is 372 g/mol. The lowest BCUT2D eigenvalue weighted by atomic mass is 10.0. The zero-order valence-corrected chi connectivity index (χ0v) is 16.2. The number of nitrogens with zero attached hydrogens (tertiary/aromatic N) is 4. The van der Waals surface area contributed by atoms with Crippen molar-refractivity contribution in [2.45, 2.75) is 76.1 Å². The molecule has 3 aliphatic heterocycles. The van der Waals surface area contributed by atoms with E-state index in [-0.39, 0.29) is 23.9 Å². The van der Waals surface area contributed by atoms with Gasteiger partial charge in [-0.05, 0) is 52.0 Å². The number of fused-ring (bicyclic) bond motifs is 2. The lowest BCUT2D eigenvalue weighted by Gasteiger charge is -2.37. The Morgan fingerprint density at radius 2 is 2.00 bits per heavy atom. The van der Waals surface area contributed by atoms with Crippen LogP contribution in [0.1, 0.15) is 68.1 Å². The number of likely N-dealkylation sites (tertiary alicyclic amines) is 2. The third kappa shape index (κ3) is 2.70. The Balaban J connectivity index is 1.31. The van der Waals surface area contributed by atoms with Gasteiger partial charge < -0.3 is 14.5 Å². The number of carbonyl (C=O) groups excluding carboxylic acids is 2. The quantitative estimate of drug-likeness (QED) is 0.808. The van der Waals surface area contributed by atoms with Crippen molar-refractivity contribution in [1.29, 1.82) is 0 Å². The molecule has 7 heteroatoms. The van der Waals surface area contributed by atoms with Gasteiger partial charge in [0.2, 0.25) is 0 Å². The second-order valence-corrected chi connectivity index (χ2v) is 8.69. The predicted octanol–water partition coefficient (Wildman–Crippen LogP) is 1.77. The van der Waals surface area contributed by atoms with Gasteiger partial charge in [-0.25, -0.2) is 0 Å². The number of amides is 2. The van der Waals surface area contributed by atoms with E-state index < -0.39 is 5.60 Å². The first-order chi connectivity index (χ1) is 13.0. The number of hydrogen-bond donors (Lipinski definition) is 0. The Labute approximate surface area is 159 Å². The second-order valence-electron chi connectivity index (χ2n) is 8.69. The Morgan fingerprint density at radius 3 is 2.59 bits per heavy atom. The summed E-state index contributed by atoms with van der Waals surface area (Å²) in [5.41, 5.74) is 1.10. The number of carbonyl (C=O) groups is 2. The third-order valence-corrected chi connectivity index (χ3v) is 6.75. The summed E-state index contributed by atoms with van der Waals surface area (Å²) in [5, 5.41) is 4.64. The van der Waals surface area contributed by atoms with Crippen molar-refractivity contribution >= 4 is 11.8 Å². The summed E-state index contributed by atoms with van der Waals surface area (Å²) in [4.78, 5) is 30.1. The molecule has 146 valence electrons. The van der Waals surface area contributed by atoms with Crippen molar-refractivity contribution in [3.63, 3.8) is 0 Å². The SMILES string of the molecule is CCn1nc(C2CC2)cc1C(=O)N1C[C@@H]2C[C@H]1CN2C(=O)C1(C)CCCO1. The van der Waals surface area contributed by atoms with Gasteiger partial charge in [0.05, 0.1) is 17.8 Å². The first-order valence-electron chi connectivity index (χ1n) is 10.3. The molecule has 2 bridgehead atoms. The molecule has 4 heterocycles. The van der Waals surface area contributed by atoms with E-state index in [1.165, 1.54) is 12.8 Å². The zero-order chi connectivity index (χ0) is 18.8. The van der Waals surface area contributed by atoms with Crippen LogP contribution in [0.5, 0.6) is 0 Å². The maximum absolute atomic E-state index is 13.2. The number of ether oxygens (including phenoxy) is 1. The molecule has 0 N–H and O–H groups in total. The van der Waals surface area contributed by atoms with Crippen LogP contribution in [0.4, 0.5) is 0 Å². The van der Waals surface area contributed by atoms with E-state index in [9.17, 15) is 9.59 Å². The number of aromatic nitrogens is 2. The van der Waals surface area contributed by atoms with E-state index in [0.717, 1.165) is 25.0 Å². The smallest absolute Gasteiger partial charge is 0.272 e. The maximum atomic E-state index is 13.2. The topological polar surface area (TPSA) is 67.7 Å². The Kier molecular flexibility index (Phi) is 3.86. The maximum Gasteiger partial charge on any atom is 0.272 e. The van der Waals surface area contributed by atoms with Crippen molar-refractivity contribution < 1.29 is 14.3 Å². The van der Waals surface area contributed by atoms with Crippen LogP contribution in [0, 0.1) is 0 Å². The summed E-state index contributed by atoms with van der Waals surface area (Å²) in [6.45, 7) is 6.56. The second kappa shape index (κ2) is 6.06. The normalized spacial score (nSPS) is 32.5. The summed E-state index contributed by atoms with van der Waals surface area (Å²) >= 11 is 0. The van der Waals surface area contributed by atoms with Crippen LogP contribution >= 0.6 is 0 Å². The van der Waals surface area contributed by atoms with Crippen molar-refractivity contribution in [3.8, 4) is 0 Å². The van der Waals surface area contributed by atoms with Gasteiger partial charge in [0.15, 0.2) is 0 Å². The van der Waals surface area contributed by atoms with Gasteiger partial charge in [0.25, 0.3) is 11.8 Å². The highest BCUT2D eigenvalue weighted by atomic mass is 16.5. The Morgan fingerprint density at radius 1 is 1.26 bits per heavy atom. The Hall–Kier alpha value is -1.89. The molecular formula is C20H28N4O3. The molecule has 1 aromatic rings. The van der Waals surface area contributed by atoms with E-state index in [1.54, 1.807) is 0 Å². The Bertz CT molecular complexity index is 778. The highest BCUT2D eigenvalue weighted by Crippen LogP contribution is 2.40. The minimum Gasteiger partial charge on any atom is -0.365 e. The highest BCUT2D eigenvalue weighted by molar-refractivity contribution is 5.94. The van der Waals surface area contributed by atoms with Crippen LogP contribution in [0.3, 0.4) is 0 Å². The predicted molar refractivity (Wildman–Crippen MR) is 98.4 cm³/mol. The lowest BCUT2D eigenvalue weighted by molar-refractivity contribution is -0.153. The minimum atomic E-state index is -0.667. The molecule has 2 amide bonds. The lowest BCUT2D eigenvalue weighted by Crippen LogP contribution is -2.55. The molecule has 1 aromatic heterocycles. The van der Waals surface area contributed by atoms with Gasteiger partial charge >= 0.3 is 0 Å². The monoisotopic (exact) mass is 372 g/mol. The van der Waals surface area contributed by atoms with Crippen LogP contribution in [-0.2, 0) is 16.1 Å². The van der Waals surface area contributed by atoms with E-state index in [4.69, 9.17) is 4.74 Å². The number of hydrogen-bond acceptors (Lipinski definition) is 4.